The molecule has 0 bridgehead atoms. The molecule has 2 aliphatic rings. The van der Waals surface area contributed by atoms with Crippen LogP contribution in [-0.4, -0.2) is 23.8 Å². The molecule has 17 heavy (non-hydrogen) atoms. The van der Waals surface area contributed by atoms with Crippen molar-refractivity contribution in [1.29, 1.82) is 0 Å². The van der Waals surface area contributed by atoms with Gasteiger partial charge in [0.05, 0.1) is 11.7 Å². The number of rotatable bonds is 1. The minimum atomic E-state index is -0.0329. The molecule has 1 fully saturated rings. The zero-order chi connectivity index (χ0) is 11.7. The van der Waals surface area contributed by atoms with E-state index in [1.807, 2.05) is 12.1 Å². The average molecular weight is 230 g/mol. The van der Waals surface area contributed by atoms with Gasteiger partial charge in [-0.15, -0.1) is 0 Å². The first-order chi connectivity index (χ1) is 8.36. The lowest BCUT2D eigenvalue weighted by molar-refractivity contribution is 0.148. The highest BCUT2D eigenvalue weighted by molar-refractivity contribution is 5.62. The predicted molar refractivity (Wildman–Crippen MR) is 65.4 cm³/mol. The largest absolute Gasteiger partial charge is 0.493 e. The first kappa shape index (κ1) is 10.4. The number of hydrogen-bond acceptors (Lipinski definition) is 3. The Morgan fingerprint density at radius 2 is 2.35 bits per heavy atom. The Balaban J connectivity index is 2.12. The third-order valence-corrected chi connectivity index (χ3v) is 3.05. The molecule has 0 saturated carbocycles. The molecule has 1 aromatic heterocycles. The summed E-state index contributed by atoms with van der Waals surface area (Å²) in [5.74, 6) is 0.882. The summed E-state index contributed by atoms with van der Waals surface area (Å²) in [5, 5.41) is 3.39. The van der Waals surface area contributed by atoms with Crippen molar-refractivity contribution in [3.8, 4) is 0 Å². The fraction of sp³-hybridized carbons (Fsp3) is 0.308. The van der Waals surface area contributed by atoms with Gasteiger partial charge in [-0.25, -0.2) is 0 Å². The summed E-state index contributed by atoms with van der Waals surface area (Å²) >= 11 is 0. The fourth-order valence-corrected chi connectivity index (χ4v) is 2.25. The second-order valence-electron chi connectivity index (χ2n) is 4.15. The molecule has 3 rings (SSSR count). The third-order valence-electron chi connectivity index (χ3n) is 3.05. The third kappa shape index (κ3) is 1.80. The van der Waals surface area contributed by atoms with E-state index in [4.69, 9.17) is 4.74 Å². The van der Waals surface area contributed by atoms with Crippen LogP contribution in [0, 0.1) is 0 Å². The summed E-state index contributed by atoms with van der Waals surface area (Å²) in [6, 6.07) is 5.36. The van der Waals surface area contributed by atoms with Crippen LogP contribution >= 0.6 is 0 Å². The quantitative estimate of drug-likeness (QED) is 0.781. The molecular formula is C13H14N2O2. The monoisotopic (exact) mass is 230 g/mol. The second kappa shape index (κ2) is 4.22. The van der Waals surface area contributed by atoms with Gasteiger partial charge in [0.2, 0.25) is 0 Å². The van der Waals surface area contributed by atoms with Crippen LogP contribution in [0.3, 0.4) is 0 Å². The molecule has 0 radical (unpaired) electrons. The molecule has 4 nitrogen and oxygen atoms in total. The van der Waals surface area contributed by atoms with Crippen molar-refractivity contribution in [3.63, 3.8) is 0 Å². The number of ether oxygens (including phenoxy) is 1. The van der Waals surface area contributed by atoms with Crippen molar-refractivity contribution in [2.75, 3.05) is 13.2 Å². The van der Waals surface area contributed by atoms with E-state index in [-0.39, 0.29) is 11.6 Å². The standard InChI is InChI=1S/C13H14N2O2/c16-12-6-1-2-8-15(12)11-5-3-4-10-13(11)17-9-7-14-10/h1-3,5-6,8,10,14H,4,7,9H2/t10-/m0/s1. The lowest BCUT2D eigenvalue weighted by Crippen LogP contribution is -2.41. The molecule has 1 aliphatic carbocycles. The van der Waals surface area contributed by atoms with Crippen LogP contribution in [0.2, 0.25) is 0 Å². The van der Waals surface area contributed by atoms with Gasteiger partial charge < -0.3 is 10.1 Å². The van der Waals surface area contributed by atoms with Crippen molar-refractivity contribution in [2.45, 2.75) is 12.5 Å². The number of aromatic nitrogens is 1. The number of allylic oxidation sites excluding steroid dienone is 2. The molecule has 1 atom stereocenters. The number of nitrogens with zero attached hydrogens (tertiary/aromatic N) is 1. The molecule has 0 aromatic carbocycles. The Kier molecular flexibility index (Phi) is 2.57. The maximum Gasteiger partial charge on any atom is 0.255 e. The molecule has 0 unspecified atom stereocenters. The molecule has 1 saturated heterocycles. The molecule has 1 N–H and O–H groups in total. The van der Waals surface area contributed by atoms with Crippen LogP contribution in [-0.2, 0) is 4.74 Å². The highest BCUT2D eigenvalue weighted by Gasteiger charge is 2.25. The lowest BCUT2D eigenvalue weighted by atomic mass is 10.0. The zero-order valence-electron chi connectivity index (χ0n) is 9.43. The van der Waals surface area contributed by atoms with Crippen LogP contribution in [0.25, 0.3) is 5.70 Å². The Morgan fingerprint density at radius 3 is 3.24 bits per heavy atom. The number of fused-ring (bicyclic) bond motifs is 1. The van der Waals surface area contributed by atoms with Crippen molar-refractivity contribution in [2.24, 2.45) is 0 Å². The van der Waals surface area contributed by atoms with E-state index in [1.165, 1.54) is 0 Å². The number of morpholine rings is 1. The summed E-state index contributed by atoms with van der Waals surface area (Å²) in [5.41, 5.74) is 0.813. The molecule has 1 aromatic rings. The molecule has 2 heterocycles. The van der Waals surface area contributed by atoms with Gasteiger partial charge in [-0.1, -0.05) is 12.1 Å². The molecule has 4 heteroatoms. The van der Waals surface area contributed by atoms with Gasteiger partial charge in [-0.3, -0.25) is 9.36 Å². The fourth-order valence-electron chi connectivity index (χ4n) is 2.25. The zero-order valence-corrected chi connectivity index (χ0v) is 9.43. The Labute approximate surface area is 99.2 Å². The molecule has 1 aliphatic heterocycles. The lowest BCUT2D eigenvalue weighted by Gasteiger charge is -2.30. The average Bonchev–Trinajstić information content (AvgIpc) is 2.39. The topological polar surface area (TPSA) is 43.3 Å². The smallest absolute Gasteiger partial charge is 0.255 e. The van der Waals surface area contributed by atoms with Crippen LogP contribution in [0.15, 0.2) is 47.1 Å². The van der Waals surface area contributed by atoms with Crippen LogP contribution in [0.1, 0.15) is 6.42 Å². The van der Waals surface area contributed by atoms with E-state index < -0.39 is 0 Å². The number of nitrogens with one attached hydrogen (secondary N) is 1. The van der Waals surface area contributed by atoms with Crippen molar-refractivity contribution in [1.82, 2.24) is 9.88 Å². The predicted octanol–water partition coefficient (Wildman–Crippen LogP) is 0.965. The maximum absolute atomic E-state index is 11.8. The van der Waals surface area contributed by atoms with Gasteiger partial charge in [0, 0.05) is 18.8 Å². The van der Waals surface area contributed by atoms with Gasteiger partial charge in [0.25, 0.3) is 5.56 Å². The minimum absolute atomic E-state index is 0.0329. The van der Waals surface area contributed by atoms with Crippen LogP contribution in [0.5, 0.6) is 0 Å². The molecule has 0 spiro atoms. The SMILES string of the molecule is O=c1ccccn1C1=C2OCCN[C@H]2CC=C1. The van der Waals surface area contributed by atoms with Gasteiger partial charge >= 0.3 is 0 Å². The second-order valence-corrected chi connectivity index (χ2v) is 4.15. The summed E-state index contributed by atoms with van der Waals surface area (Å²) < 4.78 is 7.34. The minimum Gasteiger partial charge on any atom is -0.493 e. The van der Waals surface area contributed by atoms with Crippen LogP contribution in [0.4, 0.5) is 0 Å². The van der Waals surface area contributed by atoms with E-state index in [9.17, 15) is 4.79 Å². The highest BCUT2D eigenvalue weighted by Crippen LogP contribution is 2.25. The highest BCUT2D eigenvalue weighted by atomic mass is 16.5. The Hall–Kier alpha value is -1.81. The van der Waals surface area contributed by atoms with Gasteiger partial charge in [0.1, 0.15) is 12.4 Å². The molecule has 88 valence electrons. The van der Waals surface area contributed by atoms with E-state index in [0.29, 0.717) is 6.61 Å². The summed E-state index contributed by atoms with van der Waals surface area (Å²) in [4.78, 5) is 11.8. The maximum atomic E-state index is 11.8. The van der Waals surface area contributed by atoms with Crippen molar-refractivity contribution in [3.05, 3.63) is 52.7 Å². The molecule has 0 amide bonds. The van der Waals surface area contributed by atoms with E-state index >= 15 is 0 Å². The number of hydrogen-bond donors (Lipinski definition) is 1. The van der Waals surface area contributed by atoms with Crippen LogP contribution < -0.4 is 10.9 Å². The van der Waals surface area contributed by atoms with Gasteiger partial charge in [-0.2, -0.15) is 0 Å². The van der Waals surface area contributed by atoms with Gasteiger partial charge in [0.15, 0.2) is 0 Å². The summed E-state index contributed by atoms with van der Waals surface area (Å²) in [6.07, 6.45) is 6.72. The van der Waals surface area contributed by atoms with E-state index in [0.717, 1.165) is 24.4 Å². The van der Waals surface area contributed by atoms with Crippen molar-refractivity contribution >= 4 is 5.70 Å². The van der Waals surface area contributed by atoms with Crippen molar-refractivity contribution < 1.29 is 4.74 Å². The normalized spacial score (nSPS) is 23.2. The summed E-state index contributed by atoms with van der Waals surface area (Å²) in [6.45, 7) is 1.52. The first-order valence-electron chi connectivity index (χ1n) is 5.81. The van der Waals surface area contributed by atoms with E-state index in [2.05, 4.69) is 11.4 Å². The molecular weight excluding hydrogens is 216 g/mol. The first-order valence-corrected chi connectivity index (χ1v) is 5.81. The van der Waals surface area contributed by atoms with Gasteiger partial charge in [-0.05, 0) is 18.6 Å². The number of pyridine rings is 1. The summed E-state index contributed by atoms with van der Waals surface area (Å²) in [7, 11) is 0. The van der Waals surface area contributed by atoms with E-state index in [1.54, 1.807) is 22.9 Å². The Bertz CT molecular complexity index is 542. The Morgan fingerprint density at radius 1 is 1.41 bits per heavy atom.